The molecule has 1 aromatic carbocycles. The summed E-state index contributed by atoms with van der Waals surface area (Å²) in [4.78, 5) is 0.377. The van der Waals surface area contributed by atoms with Crippen molar-refractivity contribution in [2.45, 2.75) is 31.3 Å². The summed E-state index contributed by atoms with van der Waals surface area (Å²) in [5, 5.41) is 7.44. The number of nitrogens with zero attached hydrogens (tertiary/aromatic N) is 2. The van der Waals surface area contributed by atoms with Gasteiger partial charge in [0.25, 0.3) is 0 Å². The summed E-state index contributed by atoms with van der Waals surface area (Å²) >= 11 is 0. The van der Waals surface area contributed by atoms with Crippen LogP contribution >= 0.6 is 0 Å². The number of rotatable bonds is 7. The van der Waals surface area contributed by atoms with Gasteiger partial charge in [-0.2, -0.15) is 5.10 Å². The molecule has 0 aliphatic heterocycles. The van der Waals surface area contributed by atoms with E-state index in [2.05, 4.69) is 10.4 Å². The fourth-order valence-electron chi connectivity index (χ4n) is 2.10. The third-order valence-corrected chi connectivity index (χ3v) is 4.92. The van der Waals surface area contributed by atoms with Gasteiger partial charge < -0.3 is 5.32 Å². The fraction of sp³-hybridized carbons (Fsp3) is 0.400. The van der Waals surface area contributed by atoms with E-state index in [-0.39, 0.29) is 11.8 Å². The van der Waals surface area contributed by atoms with Gasteiger partial charge in [-0.15, -0.1) is 0 Å². The number of sulfone groups is 1. The average molecular weight is 307 g/mol. The highest BCUT2D eigenvalue weighted by Gasteiger charge is 2.14. The summed E-state index contributed by atoms with van der Waals surface area (Å²) in [6.07, 6.45) is 3.78. The summed E-state index contributed by atoms with van der Waals surface area (Å²) in [5.74, 6) is 0.0967. The number of aromatic nitrogens is 2. The van der Waals surface area contributed by atoms with Crippen LogP contribution in [0.25, 0.3) is 0 Å². The number of hydrogen-bond acceptors (Lipinski definition) is 4. The maximum Gasteiger partial charge on any atom is 0.179 e. The van der Waals surface area contributed by atoms with Crippen molar-refractivity contribution in [3.63, 3.8) is 0 Å². The smallest absolute Gasteiger partial charge is 0.179 e. The van der Waals surface area contributed by atoms with Gasteiger partial charge in [-0.25, -0.2) is 8.42 Å². The monoisotopic (exact) mass is 307 g/mol. The molecule has 0 spiro atoms. The minimum Gasteiger partial charge on any atom is -0.311 e. The molecule has 2 rings (SSSR count). The van der Waals surface area contributed by atoms with Gasteiger partial charge in [0.2, 0.25) is 0 Å². The lowest BCUT2D eigenvalue weighted by Crippen LogP contribution is -2.34. The Morgan fingerprint density at radius 1 is 1.29 bits per heavy atom. The van der Waals surface area contributed by atoms with Crippen molar-refractivity contribution >= 4 is 9.84 Å². The summed E-state index contributed by atoms with van der Waals surface area (Å²) in [6, 6.07) is 8.71. The highest BCUT2D eigenvalue weighted by atomic mass is 32.2. The van der Waals surface area contributed by atoms with Crippen LogP contribution in [0.5, 0.6) is 0 Å². The molecule has 1 N–H and O–H groups in total. The molecule has 0 saturated carbocycles. The van der Waals surface area contributed by atoms with Crippen molar-refractivity contribution < 1.29 is 8.42 Å². The van der Waals surface area contributed by atoms with Crippen LogP contribution in [0.1, 0.15) is 12.5 Å². The number of aryl methyl sites for hydroxylation is 1. The van der Waals surface area contributed by atoms with Crippen molar-refractivity contribution in [1.29, 1.82) is 0 Å². The van der Waals surface area contributed by atoms with E-state index in [9.17, 15) is 8.42 Å². The van der Waals surface area contributed by atoms with Gasteiger partial charge in [-0.1, -0.05) is 18.2 Å². The minimum atomic E-state index is -3.21. The molecule has 1 unspecified atom stereocenters. The third kappa shape index (κ3) is 4.68. The molecule has 0 radical (unpaired) electrons. The molecule has 6 heteroatoms. The van der Waals surface area contributed by atoms with E-state index in [1.807, 2.05) is 37.0 Å². The van der Waals surface area contributed by atoms with Crippen LogP contribution in [0.2, 0.25) is 0 Å². The summed E-state index contributed by atoms with van der Waals surface area (Å²) < 4.78 is 26.1. The number of hydrogen-bond donors (Lipinski definition) is 1. The lowest BCUT2D eigenvalue weighted by Gasteiger charge is -2.14. The van der Waals surface area contributed by atoms with Gasteiger partial charge >= 0.3 is 0 Å². The molecule has 0 fully saturated rings. The van der Waals surface area contributed by atoms with Gasteiger partial charge in [0.05, 0.1) is 23.4 Å². The van der Waals surface area contributed by atoms with Gasteiger partial charge in [0.15, 0.2) is 9.84 Å². The SMILES string of the molecule is Cc1cnn(CC(C)NCCS(=O)(=O)c2ccccc2)c1. The Morgan fingerprint density at radius 2 is 2.00 bits per heavy atom. The highest BCUT2D eigenvalue weighted by molar-refractivity contribution is 7.91. The molecule has 0 aliphatic carbocycles. The van der Waals surface area contributed by atoms with E-state index in [1.165, 1.54) is 0 Å². The van der Waals surface area contributed by atoms with Crippen LogP contribution in [0.15, 0.2) is 47.6 Å². The standard InChI is InChI=1S/C15H21N3O2S/c1-13-10-17-18(11-13)12-14(2)16-8-9-21(19,20)15-6-4-3-5-7-15/h3-7,10-11,14,16H,8-9,12H2,1-2H3. The second kappa shape index (κ2) is 6.87. The van der Waals surface area contributed by atoms with Gasteiger partial charge in [0.1, 0.15) is 0 Å². The molecule has 0 bridgehead atoms. The van der Waals surface area contributed by atoms with Crippen molar-refractivity contribution in [2.75, 3.05) is 12.3 Å². The number of nitrogens with one attached hydrogen (secondary N) is 1. The normalized spacial score (nSPS) is 13.2. The molecule has 114 valence electrons. The maximum absolute atomic E-state index is 12.1. The largest absolute Gasteiger partial charge is 0.311 e. The van der Waals surface area contributed by atoms with E-state index in [4.69, 9.17) is 0 Å². The topological polar surface area (TPSA) is 64.0 Å². The van der Waals surface area contributed by atoms with E-state index in [0.717, 1.165) is 12.1 Å². The Hall–Kier alpha value is -1.66. The Labute approximate surface area is 125 Å². The molecule has 2 aromatic rings. The first-order valence-electron chi connectivity index (χ1n) is 6.97. The molecule has 1 aromatic heterocycles. The second-order valence-corrected chi connectivity index (χ2v) is 7.34. The Bertz CT molecular complexity index is 665. The summed E-state index contributed by atoms with van der Waals surface area (Å²) in [6.45, 7) is 5.16. The zero-order valence-corrected chi connectivity index (χ0v) is 13.2. The van der Waals surface area contributed by atoms with Crippen LogP contribution in [-0.2, 0) is 16.4 Å². The van der Waals surface area contributed by atoms with Crippen LogP contribution in [0, 0.1) is 6.92 Å². The van der Waals surface area contributed by atoms with Crippen molar-refractivity contribution in [3.05, 3.63) is 48.3 Å². The van der Waals surface area contributed by atoms with Gasteiger partial charge in [-0.3, -0.25) is 4.68 Å². The molecule has 1 heterocycles. The second-order valence-electron chi connectivity index (χ2n) is 5.23. The first-order chi connectivity index (χ1) is 9.97. The number of benzene rings is 1. The van der Waals surface area contributed by atoms with Crippen molar-refractivity contribution in [2.24, 2.45) is 0 Å². The Kier molecular flexibility index (Phi) is 5.14. The third-order valence-electron chi connectivity index (χ3n) is 3.19. The maximum atomic E-state index is 12.1. The predicted molar refractivity (Wildman–Crippen MR) is 82.9 cm³/mol. The lowest BCUT2D eigenvalue weighted by molar-refractivity contribution is 0.460. The molecular formula is C15H21N3O2S. The quantitative estimate of drug-likeness (QED) is 0.844. The predicted octanol–water partition coefficient (Wildman–Crippen LogP) is 1.64. The lowest BCUT2D eigenvalue weighted by atomic mass is 10.3. The van der Waals surface area contributed by atoms with E-state index >= 15 is 0 Å². The van der Waals surface area contributed by atoms with Crippen LogP contribution in [-0.4, -0.2) is 36.5 Å². The average Bonchev–Trinajstić information content (AvgIpc) is 2.85. The first kappa shape index (κ1) is 15.7. The van der Waals surface area contributed by atoms with Gasteiger partial charge in [0, 0.05) is 18.8 Å². The van der Waals surface area contributed by atoms with E-state index in [1.54, 1.807) is 24.3 Å². The van der Waals surface area contributed by atoms with E-state index < -0.39 is 9.84 Å². The molecule has 0 amide bonds. The zero-order valence-electron chi connectivity index (χ0n) is 12.4. The summed E-state index contributed by atoms with van der Waals surface area (Å²) in [7, 11) is -3.21. The molecule has 5 nitrogen and oxygen atoms in total. The molecule has 21 heavy (non-hydrogen) atoms. The van der Waals surface area contributed by atoms with Crippen LogP contribution in [0.4, 0.5) is 0 Å². The zero-order chi connectivity index (χ0) is 15.3. The van der Waals surface area contributed by atoms with E-state index in [0.29, 0.717) is 11.4 Å². The van der Waals surface area contributed by atoms with Crippen molar-refractivity contribution in [3.8, 4) is 0 Å². The van der Waals surface area contributed by atoms with Crippen LogP contribution in [0.3, 0.4) is 0 Å². The molecule has 0 saturated heterocycles. The summed E-state index contributed by atoms with van der Waals surface area (Å²) in [5.41, 5.74) is 1.12. The van der Waals surface area contributed by atoms with Crippen molar-refractivity contribution in [1.82, 2.24) is 15.1 Å². The Balaban J connectivity index is 1.81. The molecular weight excluding hydrogens is 286 g/mol. The van der Waals surface area contributed by atoms with Crippen LogP contribution < -0.4 is 5.32 Å². The minimum absolute atomic E-state index is 0.0967. The Morgan fingerprint density at radius 3 is 2.62 bits per heavy atom. The fourth-order valence-corrected chi connectivity index (χ4v) is 3.29. The molecule has 0 aliphatic rings. The van der Waals surface area contributed by atoms with Gasteiger partial charge in [-0.05, 0) is 31.5 Å². The highest BCUT2D eigenvalue weighted by Crippen LogP contribution is 2.09. The molecule has 1 atom stereocenters. The first-order valence-corrected chi connectivity index (χ1v) is 8.63.